The predicted molar refractivity (Wildman–Crippen MR) is 140 cm³/mol. The highest BCUT2D eigenvalue weighted by Crippen LogP contribution is 2.25. The summed E-state index contributed by atoms with van der Waals surface area (Å²) >= 11 is 6.14. The zero-order valence-electron chi connectivity index (χ0n) is 19.2. The Hall–Kier alpha value is -3.89. The molecule has 4 rings (SSSR count). The Balaban J connectivity index is 1.53. The number of carbonyl (C=O) groups excluding carboxylic acids is 1. The average Bonchev–Trinajstić information content (AvgIpc) is 2.89. The highest BCUT2D eigenvalue weighted by molar-refractivity contribution is 6.30. The number of aromatic carboxylic acids is 1. The maximum absolute atomic E-state index is 13.4. The molecule has 0 heterocycles. The van der Waals surface area contributed by atoms with E-state index in [4.69, 9.17) is 11.6 Å². The highest BCUT2D eigenvalue weighted by atomic mass is 35.5. The molecule has 0 fully saturated rings. The van der Waals surface area contributed by atoms with Crippen LogP contribution in [0.1, 0.15) is 38.3 Å². The summed E-state index contributed by atoms with van der Waals surface area (Å²) in [7, 11) is 0. The van der Waals surface area contributed by atoms with Crippen LogP contribution in [0, 0.1) is 0 Å². The minimum Gasteiger partial charge on any atom is -0.478 e. The zero-order valence-corrected chi connectivity index (χ0v) is 20.0. The van der Waals surface area contributed by atoms with Crippen LogP contribution in [0.2, 0.25) is 5.02 Å². The van der Waals surface area contributed by atoms with Gasteiger partial charge >= 0.3 is 5.97 Å². The van der Waals surface area contributed by atoms with E-state index in [2.05, 4.69) is 12.1 Å². The topological polar surface area (TPSA) is 57.6 Å². The number of hydrogen-bond acceptors (Lipinski definition) is 2. The summed E-state index contributed by atoms with van der Waals surface area (Å²) in [5, 5.41) is 10.0. The monoisotopic (exact) mass is 483 g/mol. The maximum atomic E-state index is 13.4. The standard InChI is InChI=1S/C30H26ClNO3/c31-26-12-6-11-25(20-26)29(33)32(19-7-10-22-8-2-1-3-9-22)21-23-15-17-24(18-16-23)27-13-4-5-14-28(27)30(34)35/h1-6,8-9,11-18,20H,7,10,19,21H2,(H,34,35). The minimum absolute atomic E-state index is 0.0686. The summed E-state index contributed by atoms with van der Waals surface area (Å²) in [5.74, 6) is -1.03. The molecule has 1 amide bonds. The SMILES string of the molecule is O=C(O)c1ccccc1-c1ccc(CN(CCCc2ccccc2)C(=O)c2cccc(Cl)c2)cc1. The predicted octanol–water partition coefficient (Wildman–Crippen LogP) is 6.98. The van der Waals surface area contributed by atoms with Crippen molar-refractivity contribution >= 4 is 23.5 Å². The molecule has 4 aromatic rings. The number of carboxylic acid groups (broad SMARTS) is 1. The number of halogens is 1. The fourth-order valence-corrected chi connectivity index (χ4v) is 4.30. The molecule has 0 saturated carbocycles. The molecule has 0 aliphatic carbocycles. The molecular formula is C30H26ClNO3. The van der Waals surface area contributed by atoms with Crippen LogP contribution < -0.4 is 0 Å². The van der Waals surface area contributed by atoms with Crippen molar-refractivity contribution in [2.45, 2.75) is 19.4 Å². The van der Waals surface area contributed by atoms with Gasteiger partial charge in [-0.1, -0.05) is 90.5 Å². The number of aryl methyl sites for hydroxylation is 1. The van der Waals surface area contributed by atoms with Gasteiger partial charge in [0.15, 0.2) is 0 Å². The second-order valence-corrected chi connectivity index (χ2v) is 8.81. The fraction of sp³-hybridized carbons (Fsp3) is 0.133. The lowest BCUT2D eigenvalue weighted by Gasteiger charge is -2.23. The van der Waals surface area contributed by atoms with Gasteiger partial charge in [-0.2, -0.15) is 0 Å². The molecule has 1 N–H and O–H groups in total. The average molecular weight is 484 g/mol. The molecule has 176 valence electrons. The number of carboxylic acids is 1. The van der Waals surface area contributed by atoms with Gasteiger partial charge in [0.2, 0.25) is 0 Å². The third kappa shape index (κ3) is 6.37. The number of carbonyl (C=O) groups is 2. The van der Waals surface area contributed by atoms with Crippen molar-refractivity contribution in [2.75, 3.05) is 6.54 Å². The van der Waals surface area contributed by atoms with Gasteiger partial charge in [0.05, 0.1) is 5.56 Å². The van der Waals surface area contributed by atoms with Crippen molar-refractivity contribution in [3.63, 3.8) is 0 Å². The van der Waals surface area contributed by atoms with Crippen molar-refractivity contribution in [3.05, 3.63) is 130 Å². The molecule has 4 nitrogen and oxygen atoms in total. The first-order valence-corrected chi connectivity index (χ1v) is 11.9. The summed E-state index contributed by atoms with van der Waals surface area (Å²) in [5.41, 5.74) is 4.52. The molecule has 0 saturated heterocycles. The van der Waals surface area contributed by atoms with Crippen molar-refractivity contribution in [1.29, 1.82) is 0 Å². The van der Waals surface area contributed by atoms with E-state index in [0.717, 1.165) is 24.0 Å². The van der Waals surface area contributed by atoms with Crippen molar-refractivity contribution in [2.24, 2.45) is 0 Å². The Morgan fingerprint density at radius 1 is 0.771 bits per heavy atom. The number of nitrogens with zero attached hydrogens (tertiary/aromatic N) is 1. The Morgan fingerprint density at radius 2 is 1.49 bits per heavy atom. The Bertz CT molecular complexity index is 1300. The third-order valence-electron chi connectivity index (χ3n) is 5.89. The highest BCUT2D eigenvalue weighted by Gasteiger charge is 2.17. The molecular weight excluding hydrogens is 458 g/mol. The van der Waals surface area contributed by atoms with Gasteiger partial charge in [-0.3, -0.25) is 4.79 Å². The maximum Gasteiger partial charge on any atom is 0.336 e. The van der Waals surface area contributed by atoms with E-state index in [1.54, 1.807) is 42.5 Å². The van der Waals surface area contributed by atoms with Crippen molar-refractivity contribution in [3.8, 4) is 11.1 Å². The van der Waals surface area contributed by atoms with E-state index in [1.165, 1.54) is 5.56 Å². The second kappa shape index (κ2) is 11.5. The van der Waals surface area contributed by atoms with E-state index >= 15 is 0 Å². The number of benzene rings is 4. The molecule has 0 spiro atoms. The van der Waals surface area contributed by atoms with Gasteiger partial charge in [-0.25, -0.2) is 4.79 Å². The van der Waals surface area contributed by atoms with Gasteiger partial charge in [-0.15, -0.1) is 0 Å². The van der Waals surface area contributed by atoms with Crippen LogP contribution in [0.4, 0.5) is 0 Å². The number of amides is 1. The lowest BCUT2D eigenvalue weighted by atomic mass is 9.98. The van der Waals surface area contributed by atoms with Crippen molar-refractivity contribution < 1.29 is 14.7 Å². The summed E-state index contributed by atoms with van der Waals surface area (Å²) in [4.78, 5) is 26.8. The molecule has 35 heavy (non-hydrogen) atoms. The molecule has 0 aliphatic heterocycles. The molecule has 0 unspecified atom stereocenters. The van der Waals surface area contributed by atoms with Gasteiger partial charge in [0.1, 0.15) is 0 Å². The summed E-state index contributed by atoms with van der Waals surface area (Å²) < 4.78 is 0. The summed E-state index contributed by atoms with van der Waals surface area (Å²) in [6, 6.07) is 31.9. The van der Waals surface area contributed by atoms with E-state index in [-0.39, 0.29) is 11.5 Å². The summed E-state index contributed by atoms with van der Waals surface area (Å²) in [6.07, 6.45) is 1.71. The fourth-order valence-electron chi connectivity index (χ4n) is 4.11. The molecule has 0 aromatic heterocycles. The van der Waals surface area contributed by atoms with E-state index in [1.807, 2.05) is 53.4 Å². The molecule has 4 aromatic carbocycles. The minimum atomic E-state index is -0.957. The molecule has 0 radical (unpaired) electrons. The van der Waals surface area contributed by atoms with Crippen LogP contribution in [0.5, 0.6) is 0 Å². The van der Waals surface area contributed by atoms with Crippen LogP contribution in [0.25, 0.3) is 11.1 Å². The van der Waals surface area contributed by atoms with Gasteiger partial charge in [0, 0.05) is 23.7 Å². The first kappa shape index (κ1) is 24.2. The smallest absolute Gasteiger partial charge is 0.336 e. The van der Waals surface area contributed by atoms with Crippen molar-refractivity contribution in [1.82, 2.24) is 4.90 Å². The zero-order chi connectivity index (χ0) is 24.6. The number of hydrogen-bond donors (Lipinski definition) is 1. The molecule has 5 heteroatoms. The normalized spacial score (nSPS) is 10.7. The largest absolute Gasteiger partial charge is 0.478 e. The van der Waals surface area contributed by atoms with Crippen LogP contribution in [-0.4, -0.2) is 28.4 Å². The van der Waals surface area contributed by atoms with Gasteiger partial charge in [-0.05, 0) is 59.4 Å². The second-order valence-electron chi connectivity index (χ2n) is 8.37. The van der Waals surface area contributed by atoms with Crippen LogP contribution in [0.3, 0.4) is 0 Å². The van der Waals surface area contributed by atoms with Crippen LogP contribution in [-0.2, 0) is 13.0 Å². The lowest BCUT2D eigenvalue weighted by Crippen LogP contribution is -2.31. The first-order chi connectivity index (χ1) is 17.0. The van der Waals surface area contributed by atoms with E-state index < -0.39 is 5.97 Å². The Morgan fingerprint density at radius 3 is 2.20 bits per heavy atom. The van der Waals surface area contributed by atoms with Crippen LogP contribution in [0.15, 0.2) is 103 Å². The quantitative estimate of drug-likeness (QED) is 0.279. The summed E-state index contributed by atoms with van der Waals surface area (Å²) in [6.45, 7) is 1.05. The molecule has 0 aliphatic rings. The van der Waals surface area contributed by atoms with Gasteiger partial charge in [0.25, 0.3) is 5.91 Å². The van der Waals surface area contributed by atoms with Crippen LogP contribution >= 0.6 is 11.6 Å². The Kier molecular flexibility index (Phi) is 7.96. The first-order valence-electron chi connectivity index (χ1n) is 11.5. The van der Waals surface area contributed by atoms with E-state index in [9.17, 15) is 14.7 Å². The lowest BCUT2D eigenvalue weighted by molar-refractivity contribution is 0.0696. The Labute approximate surface area is 210 Å². The van der Waals surface area contributed by atoms with Gasteiger partial charge < -0.3 is 10.0 Å². The van der Waals surface area contributed by atoms with E-state index in [0.29, 0.717) is 29.2 Å². The number of rotatable bonds is 9. The molecule has 0 bridgehead atoms. The molecule has 0 atom stereocenters. The third-order valence-corrected chi connectivity index (χ3v) is 6.13.